The van der Waals surface area contributed by atoms with Crippen LogP contribution in [0.15, 0.2) is 24.3 Å². The molecule has 1 heterocycles. The number of hydrogen-bond donors (Lipinski definition) is 2. The zero-order chi connectivity index (χ0) is 10.7. The molecule has 1 unspecified atom stereocenters. The highest BCUT2D eigenvalue weighted by molar-refractivity contribution is 5.16. The first kappa shape index (κ1) is 10.6. The van der Waals surface area contributed by atoms with E-state index in [4.69, 9.17) is 0 Å². The molecule has 3 heteroatoms. The van der Waals surface area contributed by atoms with Crippen molar-refractivity contribution < 1.29 is 4.39 Å². The van der Waals surface area contributed by atoms with Gasteiger partial charge in [-0.2, -0.15) is 0 Å². The summed E-state index contributed by atoms with van der Waals surface area (Å²) in [4.78, 5) is 0. The van der Waals surface area contributed by atoms with Gasteiger partial charge in [-0.15, -0.1) is 0 Å². The molecule has 1 aromatic carbocycles. The predicted octanol–water partition coefficient (Wildman–Crippen LogP) is 1.67. The van der Waals surface area contributed by atoms with E-state index >= 15 is 0 Å². The molecule has 0 saturated carbocycles. The fourth-order valence-corrected chi connectivity index (χ4v) is 1.93. The monoisotopic (exact) mass is 208 g/mol. The van der Waals surface area contributed by atoms with Gasteiger partial charge >= 0.3 is 0 Å². The second-order valence-electron chi connectivity index (χ2n) is 4.47. The predicted molar refractivity (Wildman–Crippen MR) is 59.1 cm³/mol. The smallest absolute Gasteiger partial charge is 0.123 e. The first-order valence-corrected chi connectivity index (χ1v) is 5.38. The molecule has 82 valence electrons. The third kappa shape index (κ3) is 2.76. The van der Waals surface area contributed by atoms with Crippen molar-refractivity contribution in [2.75, 3.05) is 13.1 Å². The van der Waals surface area contributed by atoms with Crippen molar-refractivity contribution in [2.24, 2.45) is 0 Å². The molecule has 2 rings (SSSR count). The van der Waals surface area contributed by atoms with Gasteiger partial charge in [-0.1, -0.05) is 12.1 Å². The third-order valence-electron chi connectivity index (χ3n) is 2.98. The van der Waals surface area contributed by atoms with Crippen molar-refractivity contribution in [3.63, 3.8) is 0 Å². The maximum absolute atomic E-state index is 12.9. The Morgan fingerprint density at radius 3 is 3.07 bits per heavy atom. The van der Waals surface area contributed by atoms with Crippen molar-refractivity contribution in [1.29, 1.82) is 0 Å². The summed E-state index contributed by atoms with van der Waals surface area (Å²) < 4.78 is 12.9. The van der Waals surface area contributed by atoms with Crippen LogP contribution < -0.4 is 10.6 Å². The minimum atomic E-state index is -0.163. The number of hydrogen-bond acceptors (Lipinski definition) is 2. The van der Waals surface area contributed by atoms with Crippen LogP contribution in [0.1, 0.15) is 18.9 Å². The Kier molecular flexibility index (Phi) is 3.03. The zero-order valence-electron chi connectivity index (χ0n) is 9.02. The lowest BCUT2D eigenvalue weighted by molar-refractivity contribution is 0.385. The van der Waals surface area contributed by atoms with E-state index in [0.29, 0.717) is 0 Å². The molecule has 15 heavy (non-hydrogen) atoms. The second kappa shape index (κ2) is 4.29. The van der Waals surface area contributed by atoms with Crippen LogP contribution in [0.2, 0.25) is 0 Å². The number of benzene rings is 1. The lowest BCUT2D eigenvalue weighted by Gasteiger charge is -2.24. The highest BCUT2D eigenvalue weighted by Gasteiger charge is 2.27. The fraction of sp³-hybridized carbons (Fsp3) is 0.500. The van der Waals surface area contributed by atoms with Crippen LogP contribution in [0, 0.1) is 5.82 Å². The van der Waals surface area contributed by atoms with E-state index in [2.05, 4.69) is 17.6 Å². The molecule has 2 N–H and O–H groups in total. The molecule has 0 spiro atoms. The Balaban J connectivity index is 1.92. The van der Waals surface area contributed by atoms with E-state index in [0.717, 1.165) is 31.6 Å². The third-order valence-corrected chi connectivity index (χ3v) is 2.98. The van der Waals surface area contributed by atoms with Gasteiger partial charge in [0.25, 0.3) is 0 Å². The molecular weight excluding hydrogens is 191 g/mol. The number of nitrogens with one attached hydrogen (secondary N) is 2. The molecule has 0 bridgehead atoms. The first-order chi connectivity index (χ1) is 7.18. The highest BCUT2D eigenvalue weighted by Crippen LogP contribution is 2.14. The zero-order valence-corrected chi connectivity index (χ0v) is 9.02. The van der Waals surface area contributed by atoms with Gasteiger partial charge in [0.15, 0.2) is 0 Å². The molecule has 0 amide bonds. The van der Waals surface area contributed by atoms with Crippen LogP contribution in [0.4, 0.5) is 4.39 Å². The molecule has 2 nitrogen and oxygen atoms in total. The Bertz CT molecular complexity index is 332. The topological polar surface area (TPSA) is 24.1 Å². The molecule has 1 atom stereocenters. The van der Waals surface area contributed by atoms with Crippen LogP contribution in [-0.4, -0.2) is 18.6 Å². The minimum absolute atomic E-state index is 0.159. The second-order valence-corrected chi connectivity index (χ2v) is 4.47. The molecule has 1 aliphatic heterocycles. The van der Waals surface area contributed by atoms with Gasteiger partial charge in [0.2, 0.25) is 0 Å². The van der Waals surface area contributed by atoms with Crippen molar-refractivity contribution >= 4 is 0 Å². The van der Waals surface area contributed by atoms with Crippen molar-refractivity contribution in [3.8, 4) is 0 Å². The van der Waals surface area contributed by atoms with Gasteiger partial charge in [-0.25, -0.2) is 4.39 Å². The maximum atomic E-state index is 12.9. The molecular formula is C12H17FN2. The molecule has 0 radical (unpaired) electrons. The Labute approximate surface area is 89.9 Å². The summed E-state index contributed by atoms with van der Waals surface area (Å²) in [7, 11) is 0. The summed E-state index contributed by atoms with van der Waals surface area (Å²) in [6.45, 7) is 4.98. The maximum Gasteiger partial charge on any atom is 0.123 e. The standard InChI is InChI=1S/C12H17FN2/c1-12(5-6-14-9-12)15-8-10-3-2-4-11(13)7-10/h2-4,7,14-15H,5-6,8-9H2,1H3. The SMILES string of the molecule is CC1(NCc2cccc(F)c2)CCNC1. The van der Waals surface area contributed by atoms with E-state index < -0.39 is 0 Å². The fourth-order valence-electron chi connectivity index (χ4n) is 1.93. The van der Waals surface area contributed by atoms with E-state index in [1.54, 1.807) is 12.1 Å². The van der Waals surface area contributed by atoms with E-state index in [1.807, 2.05) is 6.07 Å². The van der Waals surface area contributed by atoms with E-state index in [9.17, 15) is 4.39 Å². The van der Waals surface area contributed by atoms with Crippen molar-refractivity contribution in [1.82, 2.24) is 10.6 Å². The van der Waals surface area contributed by atoms with E-state index in [-0.39, 0.29) is 11.4 Å². The van der Waals surface area contributed by atoms with Gasteiger partial charge in [0.05, 0.1) is 0 Å². The normalized spacial score (nSPS) is 25.7. The Morgan fingerprint density at radius 1 is 1.53 bits per heavy atom. The van der Waals surface area contributed by atoms with Gasteiger partial charge in [0.1, 0.15) is 5.82 Å². The van der Waals surface area contributed by atoms with Crippen LogP contribution >= 0.6 is 0 Å². The van der Waals surface area contributed by atoms with Gasteiger partial charge in [-0.05, 0) is 37.6 Å². The van der Waals surface area contributed by atoms with E-state index in [1.165, 1.54) is 6.07 Å². The summed E-state index contributed by atoms with van der Waals surface area (Å²) >= 11 is 0. The van der Waals surface area contributed by atoms with Crippen molar-refractivity contribution in [2.45, 2.75) is 25.4 Å². The molecule has 1 aromatic rings. The van der Waals surface area contributed by atoms with Gasteiger partial charge < -0.3 is 10.6 Å². The molecule has 1 fully saturated rings. The van der Waals surface area contributed by atoms with Gasteiger partial charge in [-0.3, -0.25) is 0 Å². The Morgan fingerprint density at radius 2 is 2.40 bits per heavy atom. The minimum Gasteiger partial charge on any atom is -0.315 e. The first-order valence-electron chi connectivity index (χ1n) is 5.38. The van der Waals surface area contributed by atoms with Crippen LogP contribution in [-0.2, 0) is 6.54 Å². The molecule has 0 aliphatic carbocycles. The summed E-state index contributed by atoms with van der Waals surface area (Å²) in [6, 6.07) is 6.75. The highest BCUT2D eigenvalue weighted by atomic mass is 19.1. The lowest BCUT2D eigenvalue weighted by atomic mass is 10.0. The lowest BCUT2D eigenvalue weighted by Crippen LogP contribution is -2.43. The quantitative estimate of drug-likeness (QED) is 0.789. The summed E-state index contributed by atoms with van der Waals surface area (Å²) in [5, 5.41) is 6.80. The largest absolute Gasteiger partial charge is 0.315 e. The molecule has 1 aliphatic rings. The molecule has 1 saturated heterocycles. The molecule has 0 aromatic heterocycles. The van der Waals surface area contributed by atoms with Gasteiger partial charge in [0, 0.05) is 18.6 Å². The average molecular weight is 208 g/mol. The Hall–Kier alpha value is -0.930. The average Bonchev–Trinajstić information content (AvgIpc) is 2.63. The summed E-state index contributed by atoms with van der Waals surface area (Å²) in [5.41, 5.74) is 1.16. The summed E-state index contributed by atoms with van der Waals surface area (Å²) in [6.07, 6.45) is 1.13. The number of rotatable bonds is 3. The van der Waals surface area contributed by atoms with Crippen LogP contribution in [0.5, 0.6) is 0 Å². The number of halogens is 1. The summed E-state index contributed by atoms with van der Waals surface area (Å²) in [5.74, 6) is -0.163. The van der Waals surface area contributed by atoms with Crippen LogP contribution in [0.3, 0.4) is 0 Å². The van der Waals surface area contributed by atoms with Crippen molar-refractivity contribution in [3.05, 3.63) is 35.6 Å². The van der Waals surface area contributed by atoms with Crippen LogP contribution in [0.25, 0.3) is 0 Å².